The maximum absolute atomic E-state index is 6.56. The first-order chi connectivity index (χ1) is 11.5. The van der Waals surface area contributed by atoms with Crippen LogP contribution in [-0.2, 0) is 4.09 Å². The third kappa shape index (κ3) is 4.69. The average molecular weight is 353 g/mol. The summed E-state index contributed by atoms with van der Waals surface area (Å²) in [6.45, 7) is 21.8. The smallest absolute Gasteiger partial charge is 0.513 e. The molecule has 1 nitrogen and oxygen atoms in total. The van der Waals surface area contributed by atoms with E-state index in [2.05, 4.69) is 86.6 Å². The Morgan fingerprint density at radius 2 is 1.00 bits per heavy atom. The number of hydrogen-bond acceptors (Lipinski definition) is 0. The maximum atomic E-state index is 6.56. The number of hydrogen-bond donors (Lipinski definition) is 0. The number of aryl methyl sites for hydroxylation is 6. The van der Waals surface area contributed by atoms with Gasteiger partial charge in [-0.3, -0.25) is 0 Å². The first-order valence-corrected chi connectivity index (χ1v) is 10.4. The molecule has 0 N–H and O–H groups in total. The van der Waals surface area contributed by atoms with E-state index in [9.17, 15) is 0 Å². The highest BCUT2D eigenvalue weighted by molar-refractivity contribution is 6.74. The molecule has 2 rings (SSSR count). The molecule has 0 fully saturated rings. The molecule has 0 aliphatic carbocycles. The fraction of sp³-hybridized carbons (Fsp3) is 0.435. The van der Waals surface area contributed by atoms with Gasteiger partial charge in [-0.2, -0.15) is 0 Å². The second-order valence-corrected chi connectivity index (χ2v) is 10.4. The highest BCUT2D eigenvalue weighted by Gasteiger charge is 2.31. The van der Waals surface area contributed by atoms with Crippen LogP contribution in [0.15, 0.2) is 24.3 Å². The second-order valence-electron chi connectivity index (χ2n) is 8.48. The van der Waals surface area contributed by atoms with Gasteiger partial charge >= 0.3 is 8.68 Å². The van der Waals surface area contributed by atoms with Crippen LogP contribution in [-0.4, -0.2) is 8.68 Å². The normalized spacial score (nSPS) is 11.4. The van der Waals surface area contributed by atoms with Gasteiger partial charge in [-0.1, -0.05) is 61.6 Å². The van der Waals surface area contributed by atoms with Crippen LogP contribution in [0, 0.1) is 53.6 Å². The summed E-state index contributed by atoms with van der Waals surface area (Å²) in [6, 6.07) is 9.14. The maximum Gasteiger partial charge on any atom is 0.569 e. The minimum Gasteiger partial charge on any atom is -0.513 e. The van der Waals surface area contributed by atoms with E-state index in [0.29, 0.717) is 0 Å². The molecule has 0 aromatic heterocycles. The van der Waals surface area contributed by atoms with Gasteiger partial charge in [0.2, 0.25) is 0 Å². The fourth-order valence-electron chi connectivity index (χ4n) is 3.55. The molecule has 0 saturated carbocycles. The molecule has 0 heterocycles. The summed E-state index contributed by atoms with van der Waals surface area (Å²) in [5.74, 6) is 0. The van der Waals surface area contributed by atoms with Gasteiger partial charge in [0.25, 0.3) is 0 Å². The van der Waals surface area contributed by atoms with Crippen LogP contribution in [0.25, 0.3) is 0 Å². The highest BCUT2D eigenvalue weighted by atomic mass is 28.3. The standard InChI is InChI=1S/C23H32OSi/c1-15-10-17(3)21(18(4)11-15)25(24-14-23(7,8)9)22-19(5)12-16(2)13-20(22)6/h10-14H,1-9H3. The van der Waals surface area contributed by atoms with E-state index < -0.39 is 8.68 Å². The third-order valence-electron chi connectivity index (χ3n) is 4.34. The number of benzene rings is 2. The van der Waals surface area contributed by atoms with E-state index in [1.54, 1.807) is 0 Å². The van der Waals surface area contributed by atoms with Crippen LogP contribution >= 0.6 is 0 Å². The van der Waals surface area contributed by atoms with E-state index in [1.165, 1.54) is 43.8 Å². The van der Waals surface area contributed by atoms with Crippen molar-refractivity contribution in [3.63, 3.8) is 0 Å². The summed E-state index contributed by atoms with van der Waals surface area (Å²) in [5, 5.41) is 2.79. The Balaban J connectivity index is 2.77. The first-order valence-electron chi connectivity index (χ1n) is 9.04. The Hall–Kier alpha value is -1.67. The molecule has 25 heavy (non-hydrogen) atoms. The zero-order valence-corrected chi connectivity index (χ0v) is 18.3. The van der Waals surface area contributed by atoms with Gasteiger partial charge in [0.15, 0.2) is 0 Å². The molecule has 0 aliphatic rings. The Kier molecular flexibility index (Phi) is 5.73. The summed E-state index contributed by atoms with van der Waals surface area (Å²) < 4.78 is 6.56. The first kappa shape index (κ1) is 19.6. The lowest BCUT2D eigenvalue weighted by Gasteiger charge is -2.21. The van der Waals surface area contributed by atoms with Gasteiger partial charge in [-0.05, 0) is 70.4 Å². The van der Waals surface area contributed by atoms with E-state index >= 15 is 0 Å². The Morgan fingerprint density at radius 3 is 1.28 bits per heavy atom. The monoisotopic (exact) mass is 352 g/mol. The molecule has 0 spiro atoms. The van der Waals surface area contributed by atoms with Crippen molar-refractivity contribution in [1.29, 1.82) is 0 Å². The second kappa shape index (κ2) is 7.29. The average Bonchev–Trinajstić information content (AvgIpc) is 2.40. The molecule has 2 heteroatoms. The summed E-state index contributed by atoms with van der Waals surface area (Å²) in [4.78, 5) is 0. The lowest BCUT2D eigenvalue weighted by molar-refractivity contribution is 0.125. The minimum atomic E-state index is -1.34. The molecule has 0 bridgehead atoms. The predicted octanol–water partition coefficient (Wildman–Crippen LogP) is 4.82. The molecule has 134 valence electrons. The highest BCUT2D eigenvalue weighted by Crippen LogP contribution is 2.17. The zero-order valence-electron chi connectivity index (χ0n) is 17.3. The fourth-order valence-corrected chi connectivity index (χ4v) is 6.23. The van der Waals surface area contributed by atoms with Crippen LogP contribution in [0.2, 0.25) is 0 Å². The molecule has 0 saturated heterocycles. The SMILES string of the molecule is Cc1cc(C)c([Si](=[O+][CH-]C(C)(C)C)c2c(C)cc(C)cc2C)c(C)c1. The molecular weight excluding hydrogens is 320 g/mol. The van der Waals surface area contributed by atoms with Crippen molar-refractivity contribution in [3.05, 3.63) is 64.3 Å². The van der Waals surface area contributed by atoms with E-state index in [-0.39, 0.29) is 5.41 Å². The van der Waals surface area contributed by atoms with Crippen LogP contribution in [0.3, 0.4) is 0 Å². The molecular formula is C23H32OSi. The van der Waals surface area contributed by atoms with Crippen LogP contribution in [0.4, 0.5) is 0 Å². The van der Waals surface area contributed by atoms with Crippen molar-refractivity contribution in [3.8, 4) is 0 Å². The minimum absolute atomic E-state index is 0.0366. The van der Waals surface area contributed by atoms with E-state index in [1.807, 2.05) is 6.61 Å². The summed E-state index contributed by atoms with van der Waals surface area (Å²) in [5.41, 5.74) is 8.03. The molecule has 0 unspecified atom stereocenters. The Bertz CT molecular complexity index is 717. The predicted molar refractivity (Wildman–Crippen MR) is 111 cm³/mol. The van der Waals surface area contributed by atoms with Crippen molar-refractivity contribution in [2.45, 2.75) is 62.3 Å². The largest absolute Gasteiger partial charge is 0.569 e. The summed E-state index contributed by atoms with van der Waals surface area (Å²) in [7, 11) is -1.34. The van der Waals surface area contributed by atoms with Crippen molar-refractivity contribution in [2.75, 3.05) is 0 Å². The molecule has 2 aromatic rings. The van der Waals surface area contributed by atoms with Gasteiger partial charge in [-0.25, -0.2) is 0 Å². The zero-order chi connectivity index (χ0) is 18.9. The van der Waals surface area contributed by atoms with Gasteiger partial charge < -0.3 is 4.09 Å². The summed E-state index contributed by atoms with van der Waals surface area (Å²) in [6.07, 6.45) is 0. The molecule has 0 aliphatic heterocycles. The van der Waals surface area contributed by atoms with Crippen molar-refractivity contribution in [1.82, 2.24) is 0 Å². The van der Waals surface area contributed by atoms with Gasteiger partial charge in [-0.15, -0.1) is 0 Å². The molecule has 0 amide bonds. The lowest BCUT2D eigenvalue weighted by atomic mass is 9.99. The summed E-state index contributed by atoms with van der Waals surface area (Å²) >= 11 is 0. The van der Waals surface area contributed by atoms with Gasteiger partial charge in [0, 0.05) is 0 Å². The van der Waals surface area contributed by atoms with Crippen LogP contribution < -0.4 is 10.4 Å². The third-order valence-corrected chi connectivity index (χ3v) is 7.18. The Morgan fingerprint density at radius 1 is 0.680 bits per heavy atom. The van der Waals surface area contributed by atoms with Gasteiger partial charge in [0.1, 0.15) is 0 Å². The molecule has 0 radical (unpaired) electrons. The quantitative estimate of drug-likeness (QED) is 0.426. The van der Waals surface area contributed by atoms with Crippen LogP contribution in [0.5, 0.6) is 0 Å². The van der Waals surface area contributed by atoms with Crippen molar-refractivity contribution >= 4 is 19.1 Å². The molecule has 0 atom stereocenters. The van der Waals surface area contributed by atoms with E-state index in [0.717, 1.165) is 0 Å². The Labute approximate surface area is 155 Å². The lowest BCUT2D eigenvalue weighted by Crippen LogP contribution is -2.42. The van der Waals surface area contributed by atoms with Crippen molar-refractivity contribution in [2.24, 2.45) is 5.41 Å². The topological polar surface area (TPSA) is 11.3 Å². The molecule has 2 aromatic carbocycles. The number of rotatable bonds is 3. The van der Waals surface area contributed by atoms with Crippen molar-refractivity contribution < 1.29 is 4.09 Å². The van der Waals surface area contributed by atoms with Crippen LogP contribution in [0.1, 0.15) is 54.2 Å². The van der Waals surface area contributed by atoms with Gasteiger partial charge in [0.05, 0.1) is 10.4 Å². The van der Waals surface area contributed by atoms with E-state index in [4.69, 9.17) is 4.09 Å².